The molecule has 2 heteroatoms. The van der Waals surface area contributed by atoms with Crippen LogP contribution in [0.3, 0.4) is 0 Å². The lowest BCUT2D eigenvalue weighted by molar-refractivity contribution is -0.126. The van der Waals surface area contributed by atoms with E-state index in [0.29, 0.717) is 5.56 Å². The Bertz CT molecular complexity index is 444. The van der Waals surface area contributed by atoms with E-state index in [1.54, 1.807) is 12.1 Å². The molecule has 0 unspecified atom stereocenters. The summed E-state index contributed by atoms with van der Waals surface area (Å²) in [6, 6.07) is 8.98. The Balaban J connectivity index is 2.58. The molecular weight excluding hydrogens is 236 g/mol. The van der Waals surface area contributed by atoms with Crippen molar-refractivity contribution in [2.75, 3.05) is 0 Å². The highest BCUT2D eigenvalue weighted by Gasteiger charge is 2.28. The van der Waals surface area contributed by atoms with Gasteiger partial charge in [-0.3, -0.25) is 9.59 Å². The zero-order valence-electron chi connectivity index (χ0n) is 11.8. The molecule has 0 saturated carbocycles. The maximum atomic E-state index is 12.2. The second-order valence-electron chi connectivity index (χ2n) is 5.45. The van der Waals surface area contributed by atoms with Crippen LogP contribution in [-0.4, -0.2) is 11.6 Å². The van der Waals surface area contributed by atoms with Gasteiger partial charge in [0.05, 0.1) is 6.42 Å². The molecule has 1 aromatic rings. The van der Waals surface area contributed by atoms with Gasteiger partial charge in [0, 0.05) is 11.0 Å². The number of carbonyl (C=O) groups excluding carboxylic acids is 2. The lowest BCUT2D eigenvalue weighted by Crippen LogP contribution is -2.26. The second kappa shape index (κ2) is 7.03. The molecule has 0 aromatic heterocycles. The summed E-state index contributed by atoms with van der Waals surface area (Å²) in [6.45, 7) is 7.50. The molecule has 0 aliphatic rings. The quantitative estimate of drug-likeness (QED) is 0.303. The summed E-state index contributed by atoms with van der Waals surface area (Å²) in [6.07, 6.45) is 4.48. The van der Waals surface area contributed by atoms with Gasteiger partial charge in [0.15, 0.2) is 5.78 Å². The molecule has 0 atom stereocenters. The van der Waals surface area contributed by atoms with Crippen LogP contribution in [0.25, 0.3) is 0 Å². The average Bonchev–Trinajstić information content (AvgIpc) is 2.39. The molecule has 0 spiro atoms. The SMILES string of the molecule is C=CCCCC(C)(C)C(=O)CC(=O)c1ccccc1. The topological polar surface area (TPSA) is 34.1 Å². The Kier molecular flexibility index (Phi) is 5.68. The minimum atomic E-state index is -0.437. The van der Waals surface area contributed by atoms with E-state index in [2.05, 4.69) is 6.58 Å². The third-order valence-electron chi connectivity index (χ3n) is 3.38. The molecule has 0 aliphatic carbocycles. The summed E-state index contributed by atoms with van der Waals surface area (Å²) in [4.78, 5) is 24.2. The summed E-state index contributed by atoms with van der Waals surface area (Å²) in [5.41, 5.74) is 0.172. The van der Waals surface area contributed by atoms with Crippen LogP contribution < -0.4 is 0 Å². The number of carbonyl (C=O) groups is 2. The molecular formula is C17H22O2. The number of hydrogen-bond acceptors (Lipinski definition) is 2. The second-order valence-corrected chi connectivity index (χ2v) is 5.45. The van der Waals surface area contributed by atoms with Crippen LogP contribution in [0.1, 0.15) is 49.9 Å². The molecule has 0 fully saturated rings. The molecule has 2 nitrogen and oxygen atoms in total. The average molecular weight is 258 g/mol. The van der Waals surface area contributed by atoms with Crippen LogP contribution in [0.4, 0.5) is 0 Å². The zero-order valence-corrected chi connectivity index (χ0v) is 11.8. The molecule has 0 N–H and O–H groups in total. The van der Waals surface area contributed by atoms with E-state index in [1.165, 1.54) is 0 Å². The lowest BCUT2D eigenvalue weighted by Gasteiger charge is -2.22. The predicted octanol–water partition coefficient (Wildman–Crippen LogP) is 4.21. The largest absolute Gasteiger partial charge is 0.299 e. The summed E-state index contributed by atoms with van der Waals surface area (Å²) >= 11 is 0. The van der Waals surface area contributed by atoms with E-state index in [1.807, 2.05) is 38.1 Å². The van der Waals surface area contributed by atoms with Gasteiger partial charge in [-0.1, -0.05) is 50.3 Å². The summed E-state index contributed by atoms with van der Waals surface area (Å²) in [5, 5.41) is 0. The molecule has 1 rings (SSSR count). The third-order valence-corrected chi connectivity index (χ3v) is 3.38. The summed E-state index contributed by atoms with van der Waals surface area (Å²) in [7, 11) is 0. The summed E-state index contributed by atoms with van der Waals surface area (Å²) < 4.78 is 0. The molecule has 19 heavy (non-hydrogen) atoms. The first-order valence-electron chi connectivity index (χ1n) is 6.70. The van der Waals surface area contributed by atoms with Crippen LogP contribution >= 0.6 is 0 Å². The fourth-order valence-electron chi connectivity index (χ4n) is 1.94. The van der Waals surface area contributed by atoms with Crippen LogP contribution in [-0.2, 0) is 4.79 Å². The van der Waals surface area contributed by atoms with Crippen molar-refractivity contribution in [3.63, 3.8) is 0 Å². The van der Waals surface area contributed by atoms with E-state index in [-0.39, 0.29) is 18.0 Å². The molecule has 0 amide bonds. The van der Waals surface area contributed by atoms with Gasteiger partial charge in [-0.2, -0.15) is 0 Å². The van der Waals surface area contributed by atoms with Crippen molar-refractivity contribution in [3.8, 4) is 0 Å². The van der Waals surface area contributed by atoms with Gasteiger partial charge in [0.25, 0.3) is 0 Å². The highest BCUT2D eigenvalue weighted by Crippen LogP contribution is 2.26. The smallest absolute Gasteiger partial charge is 0.170 e. The van der Waals surface area contributed by atoms with Gasteiger partial charge in [-0.15, -0.1) is 6.58 Å². The normalized spacial score (nSPS) is 11.1. The minimum Gasteiger partial charge on any atom is -0.299 e. The van der Waals surface area contributed by atoms with Crippen LogP contribution in [0.5, 0.6) is 0 Å². The maximum Gasteiger partial charge on any atom is 0.170 e. The van der Waals surface area contributed by atoms with Gasteiger partial charge < -0.3 is 0 Å². The number of unbranched alkanes of at least 4 members (excludes halogenated alkanes) is 1. The van der Waals surface area contributed by atoms with E-state index >= 15 is 0 Å². The van der Waals surface area contributed by atoms with Crippen LogP contribution in [0, 0.1) is 5.41 Å². The van der Waals surface area contributed by atoms with Gasteiger partial charge in [0.1, 0.15) is 5.78 Å². The van der Waals surface area contributed by atoms with Crippen molar-refractivity contribution in [1.82, 2.24) is 0 Å². The van der Waals surface area contributed by atoms with Crippen LogP contribution in [0.2, 0.25) is 0 Å². The molecule has 1 aromatic carbocycles. The van der Waals surface area contributed by atoms with Gasteiger partial charge >= 0.3 is 0 Å². The molecule has 0 bridgehead atoms. The Morgan fingerprint density at radius 1 is 1.21 bits per heavy atom. The van der Waals surface area contributed by atoms with Crippen molar-refractivity contribution in [2.45, 2.75) is 39.5 Å². The van der Waals surface area contributed by atoms with E-state index < -0.39 is 5.41 Å². The number of benzene rings is 1. The van der Waals surface area contributed by atoms with Crippen molar-refractivity contribution in [2.24, 2.45) is 5.41 Å². The standard InChI is InChI=1S/C17H22O2/c1-4-5-9-12-17(2,3)16(19)13-15(18)14-10-7-6-8-11-14/h4,6-8,10-11H,1,5,9,12-13H2,2-3H3. The van der Waals surface area contributed by atoms with Crippen molar-refractivity contribution in [1.29, 1.82) is 0 Å². The molecule has 0 saturated heterocycles. The monoisotopic (exact) mass is 258 g/mol. The molecule has 0 heterocycles. The first-order chi connectivity index (χ1) is 8.97. The van der Waals surface area contributed by atoms with Crippen molar-refractivity contribution >= 4 is 11.6 Å². The first kappa shape index (κ1) is 15.4. The molecule has 0 radical (unpaired) electrons. The Labute approximate surface area is 115 Å². The van der Waals surface area contributed by atoms with E-state index in [9.17, 15) is 9.59 Å². The number of allylic oxidation sites excluding steroid dienone is 1. The Morgan fingerprint density at radius 3 is 2.42 bits per heavy atom. The predicted molar refractivity (Wildman–Crippen MR) is 78.2 cm³/mol. The Morgan fingerprint density at radius 2 is 1.84 bits per heavy atom. The van der Waals surface area contributed by atoms with Gasteiger partial charge in [-0.05, 0) is 19.3 Å². The third kappa shape index (κ3) is 4.82. The van der Waals surface area contributed by atoms with Gasteiger partial charge in [-0.25, -0.2) is 0 Å². The highest BCUT2D eigenvalue weighted by molar-refractivity contribution is 6.09. The molecule has 0 aliphatic heterocycles. The lowest BCUT2D eigenvalue weighted by atomic mass is 9.80. The molecule has 102 valence electrons. The zero-order chi connectivity index (χ0) is 14.3. The fourth-order valence-corrected chi connectivity index (χ4v) is 1.94. The van der Waals surface area contributed by atoms with E-state index in [0.717, 1.165) is 19.3 Å². The number of ketones is 2. The maximum absolute atomic E-state index is 12.2. The Hall–Kier alpha value is -1.70. The minimum absolute atomic E-state index is 0.00883. The number of hydrogen-bond donors (Lipinski definition) is 0. The van der Waals surface area contributed by atoms with Crippen molar-refractivity contribution < 1.29 is 9.59 Å². The fraction of sp³-hybridized carbons (Fsp3) is 0.412. The number of Topliss-reactive ketones (excluding diaryl/α,β-unsaturated/α-hetero) is 2. The van der Waals surface area contributed by atoms with E-state index in [4.69, 9.17) is 0 Å². The highest BCUT2D eigenvalue weighted by atomic mass is 16.1. The van der Waals surface area contributed by atoms with Crippen LogP contribution in [0.15, 0.2) is 43.0 Å². The number of rotatable bonds is 8. The summed E-state index contributed by atoms with van der Waals surface area (Å²) in [5.74, 6) is -0.0761. The first-order valence-corrected chi connectivity index (χ1v) is 6.70. The van der Waals surface area contributed by atoms with Gasteiger partial charge in [0.2, 0.25) is 0 Å². The van der Waals surface area contributed by atoms with Crippen molar-refractivity contribution in [3.05, 3.63) is 48.6 Å².